The van der Waals surface area contributed by atoms with Crippen molar-refractivity contribution in [1.29, 1.82) is 0 Å². The van der Waals surface area contributed by atoms with Crippen molar-refractivity contribution in [3.8, 4) is 0 Å². The summed E-state index contributed by atoms with van der Waals surface area (Å²) in [5.74, 6) is 1.30. The normalized spacial score (nSPS) is 18.7. The molecule has 1 unspecified atom stereocenters. The summed E-state index contributed by atoms with van der Waals surface area (Å²) < 4.78 is 0. The van der Waals surface area contributed by atoms with Crippen LogP contribution >= 0.6 is 23.2 Å². The predicted octanol–water partition coefficient (Wildman–Crippen LogP) is 6.05. The highest BCUT2D eigenvalue weighted by molar-refractivity contribution is 6.42. The first-order valence-electron chi connectivity index (χ1n) is 8.26. The van der Waals surface area contributed by atoms with Gasteiger partial charge in [-0.1, -0.05) is 68.8 Å². The van der Waals surface area contributed by atoms with Gasteiger partial charge in [0, 0.05) is 12.6 Å². The van der Waals surface area contributed by atoms with Gasteiger partial charge in [-0.3, -0.25) is 0 Å². The van der Waals surface area contributed by atoms with Gasteiger partial charge in [0.05, 0.1) is 10.0 Å². The van der Waals surface area contributed by atoms with E-state index in [1.807, 2.05) is 6.07 Å². The summed E-state index contributed by atoms with van der Waals surface area (Å²) in [6.07, 6.45) is 8.19. The van der Waals surface area contributed by atoms with Crippen LogP contribution in [-0.4, -0.2) is 12.6 Å². The summed E-state index contributed by atoms with van der Waals surface area (Å²) in [6, 6.07) is 6.69. The first-order valence-corrected chi connectivity index (χ1v) is 9.02. The van der Waals surface area contributed by atoms with E-state index in [0.717, 1.165) is 12.5 Å². The molecule has 1 atom stereocenters. The van der Waals surface area contributed by atoms with E-state index >= 15 is 0 Å². The van der Waals surface area contributed by atoms with Crippen molar-refractivity contribution in [2.75, 3.05) is 6.54 Å². The molecule has 0 aliphatic heterocycles. The zero-order valence-corrected chi connectivity index (χ0v) is 14.7. The van der Waals surface area contributed by atoms with E-state index < -0.39 is 0 Å². The van der Waals surface area contributed by atoms with Crippen molar-refractivity contribution in [3.05, 3.63) is 33.8 Å². The van der Waals surface area contributed by atoms with Gasteiger partial charge < -0.3 is 5.32 Å². The lowest BCUT2D eigenvalue weighted by Gasteiger charge is -2.28. The number of hydrogen-bond donors (Lipinski definition) is 1. The van der Waals surface area contributed by atoms with Gasteiger partial charge in [0.15, 0.2) is 0 Å². The lowest BCUT2D eigenvalue weighted by atomic mass is 9.81. The third-order valence-electron chi connectivity index (χ3n) is 4.59. The van der Waals surface area contributed by atoms with Crippen LogP contribution in [0.3, 0.4) is 0 Å². The number of rotatable bonds is 5. The molecule has 0 amide bonds. The third-order valence-corrected chi connectivity index (χ3v) is 5.33. The fourth-order valence-electron chi connectivity index (χ4n) is 3.38. The minimum absolute atomic E-state index is 0.515. The number of hydrogen-bond acceptors (Lipinski definition) is 1. The molecular weight excluding hydrogens is 301 g/mol. The van der Waals surface area contributed by atoms with Crippen molar-refractivity contribution in [1.82, 2.24) is 5.32 Å². The minimum Gasteiger partial charge on any atom is -0.314 e. The molecule has 1 aliphatic rings. The molecule has 3 heteroatoms. The van der Waals surface area contributed by atoms with E-state index in [-0.39, 0.29) is 0 Å². The summed E-state index contributed by atoms with van der Waals surface area (Å²) >= 11 is 12.3. The molecule has 118 valence electrons. The van der Waals surface area contributed by atoms with E-state index in [2.05, 4.69) is 31.3 Å². The fraction of sp³-hybridized carbons (Fsp3) is 0.667. The number of benzene rings is 1. The van der Waals surface area contributed by atoms with E-state index in [9.17, 15) is 0 Å². The zero-order chi connectivity index (χ0) is 15.2. The average molecular weight is 328 g/mol. The van der Waals surface area contributed by atoms with Crippen LogP contribution < -0.4 is 5.32 Å². The molecule has 0 saturated heterocycles. The predicted molar refractivity (Wildman–Crippen MR) is 93.5 cm³/mol. The molecular formula is C18H27Cl2N. The van der Waals surface area contributed by atoms with Gasteiger partial charge in [0.25, 0.3) is 0 Å². The van der Waals surface area contributed by atoms with Crippen LogP contribution in [0.4, 0.5) is 0 Å². The van der Waals surface area contributed by atoms with Crippen LogP contribution in [0.25, 0.3) is 0 Å². The lowest BCUT2D eigenvalue weighted by molar-refractivity contribution is 0.353. The fourth-order valence-corrected chi connectivity index (χ4v) is 3.68. The monoisotopic (exact) mass is 327 g/mol. The largest absolute Gasteiger partial charge is 0.314 e. The third kappa shape index (κ3) is 5.16. The maximum atomic E-state index is 6.24. The van der Waals surface area contributed by atoms with Gasteiger partial charge in [-0.05, 0) is 42.4 Å². The molecule has 1 saturated carbocycles. The van der Waals surface area contributed by atoms with Crippen LogP contribution in [0, 0.1) is 5.92 Å². The Balaban J connectivity index is 2.18. The standard InChI is InChI=1S/C18H27Cl2N/c1-13(2)21-12-16(14-7-5-3-4-6-8-14)15-9-10-17(19)18(20)11-15/h9-11,13-14,16,21H,3-8,12H2,1-2H3. The molecule has 2 rings (SSSR count). The van der Waals surface area contributed by atoms with Gasteiger partial charge in [-0.25, -0.2) is 0 Å². The Morgan fingerprint density at radius 3 is 2.29 bits per heavy atom. The highest BCUT2D eigenvalue weighted by Gasteiger charge is 2.24. The maximum Gasteiger partial charge on any atom is 0.0595 e. The second-order valence-corrected chi connectivity index (χ2v) is 7.41. The molecule has 21 heavy (non-hydrogen) atoms. The van der Waals surface area contributed by atoms with Crippen LogP contribution in [-0.2, 0) is 0 Å². The quantitative estimate of drug-likeness (QED) is 0.649. The molecule has 1 N–H and O–H groups in total. The van der Waals surface area contributed by atoms with Crippen molar-refractivity contribution < 1.29 is 0 Å². The van der Waals surface area contributed by atoms with E-state index in [1.165, 1.54) is 44.1 Å². The van der Waals surface area contributed by atoms with Crippen LogP contribution in [0.1, 0.15) is 63.9 Å². The summed E-state index contributed by atoms with van der Waals surface area (Å²) in [7, 11) is 0. The SMILES string of the molecule is CC(C)NCC(c1ccc(Cl)c(Cl)c1)C1CCCCCC1. The van der Waals surface area contributed by atoms with Gasteiger partial charge in [0.1, 0.15) is 0 Å². The first kappa shape index (κ1) is 17.1. The molecule has 1 aromatic rings. The first-order chi connectivity index (χ1) is 10.1. The van der Waals surface area contributed by atoms with Gasteiger partial charge >= 0.3 is 0 Å². The molecule has 1 fully saturated rings. The minimum atomic E-state index is 0.515. The smallest absolute Gasteiger partial charge is 0.0595 e. The van der Waals surface area contributed by atoms with Crippen molar-refractivity contribution in [3.63, 3.8) is 0 Å². The molecule has 0 spiro atoms. The maximum absolute atomic E-state index is 6.24. The molecule has 1 aliphatic carbocycles. The zero-order valence-electron chi connectivity index (χ0n) is 13.2. The Morgan fingerprint density at radius 1 is 1.05 bits per heavy atom. The molecule has 1 nitrogen and oxygen atoms in total. The highest BCUT2D eigenvalue weighted by Crippen LogP contribution is 2.37. The van der Waals surface area contributed by atoms with Crippen molar-refractivity contribution >= 4 is 23.2 Å². The molecule has 1 aromatic carbocycles. The number of nitrogens with one attached hydrogen (secondary N) is 1. The average Bonchev–Trinajstić information content (AvgIpc) is 2.72. The van der Waals surface area contributed by atoms with Crippen LogP contribution in [0.5, 0.6) is 0 Å². The van der Waals surface area contributed by atoms with E-state index in [0.29, 0.717) is 22.0 Å². The van der Waals surface area contributed by atoms with Crippen LogP contribution in [0.2, 0.25) is 10.0 Å². The summed E-state index contributed by atoms with van der Waals surface area (Å²) in [5, 5.41) is 4.95. The van der Waals surface area contributed by atoms with Crippen LogP contribution in [0.15, 0.2) is 18.2 Å². The molecule has 0 radical (unpaired) electrons. The Labute approximate surface area is 139 Å². The van der Waals surface area contributed by atoms with Gasteiger partial charge in [0.2, 0.25) is 0 Å². The second-order valence-electron chi connectivity index (χ2n) is 6.59. The Bertz CT molecular complexity index is 437. The Morgan fingerprint density at radius 2 is 1.71 bits per heavy atom. The lowest BCUT2D eigenvalue weighted by Crippen LogP contribution is -2.31. The van der Waals surface area contributed by atoms with Crippen molar-refractivity contribution in [2.45, 2.75) is 64.3 Å². The Hall–Kier alpha value is -0.240. The summed E-state index contributed by atoms with van der Waals surface area (Å²) in [5.41, 5.74) is 1.34. The van der Waals surface area contributed by atoms with Gasteiger partial charge in [-0.15, -0.1) is 0 Å². The summed E-state index contributed by atoms with van der Waals surface area (Å²) in [6.45, 7) is 5.44. The van der Waals surface area contributed by atoms with E-state index in [1.54, 1.807) is 0 Å². The second kappa shape index (κ2) is 8.41. The number of halogens is 2. The molecule has 0 aromatic heterocycles. The topological polar surface area (TPSA) is 12.0 Å². The molecule has 0 bridgehead atoms. The summed E-state index contributed by atoms with van der Waals surface area (Å²) in [4.78, 5) is 0. The Kier molecular flexibility index (Phi) is 6.85. The van der Waals surface area contributed by atoms with E-state index in [4.69, 9.17) is 23.2 Å². The van der Waals surface area contributed by atoms with Gasteiger partial charge in [-0.2, -0.15) is 0 Å². The van der Waals surface area contributed by atoms with Crippen molar-refractivity contribution in [2.24, 2.45) is 5.92 Å². The highest BCUT2D eigenvalue weighted by atomic mass is 35.5. The molecule has 0 heterocycles.